The number of hydrogen-bond acceptors (Lipinski definition) is 7. The summed E-state index contributed by atoms with van der Waals surface area (Å²) in [6.07, 6.45) is 1.61. The molecule has 0 bridgehead atoms. The Morgan fingerprint density at radius 1 is 1.10 bits per heavy atom. The Morgan fingerprint density at radius 3 is 2.52 bits per heavy atom. The van der Waals surface area contributed by atoms with Crippen molar-refractivity contribution in [1.29, 1.82) is 0 Å². The molecule has 0 aliphatic rings. The molecule has 0 fully saturated rings. The van der Waals surface area contributed by atoms with Crippen LogP contribution in [0.1, 0.15) is 12.5 Å². The summed E-state index contributed by atoms with van der Waals surface area (Å²) in [6, 6.07) is 18.8. The van der Waals surface area contributed by atoms with Crippen LogP contribution in [-0.4, -0.2) is 17.0 Å². The molecule has 10 heteroatoms. The van der Waals surface area contributed by atoms with Gasteiger partial charge in [0.25, 0.3) is 5.69 Å². The molecular formula is C21H18ClN5O3S. The van der Waals surface area contributed by atoms with Crippen molar-refractivity contribution in [3.63, 3.8) is 0 Å². The number of amides is 1. The zero-order valence-electron chi connectivity index (χ0n) is 16.3. The van der Waals surface area contributed by atoms with Crippen LogP contribution in [0.25, 0.3) is 0 Å². The van der Waals surface area contributed by atoms with E-state index < -0.39 is 4.92 Å². The van der Waals surface area contributed by atoms with Crippen LogP contribution in [0.2, 0.25) is 5.02 Å². The van der Waals surface area contributed by atoms with Gasteiger partial charge < -0.3 is 10.0 Å². The molecule has 0 spiro atoms. The second-order valence-electron chi connectivity index (χ2n) is 6.29. The summed E-state index contributed by atoms with van der Waals surface area (Å²) in [7, 11) is 0. The number of nitrogens with zero attached hydrogens (tertiary/aromatic N) is 2. The van der Waals surface area contributed by atoms with Crippen molar-refractivity contribution in [3.05, 3.63) is 87.4 Å². The number of hydrazone groups is 1. The Bertz CT molecular complexity index is 1120. The van der Waals surface area contributed by atoms with Crippen molar-refractivity contribution in [2.45, 2.75) is 11.8 Å². The summed E-state index contributed by atoms with van der Waals surface area (Å²) in [5.74, 6) is -0.142. The van der Waals surface area contributed by atoms with Crippen LogP contribution in [0.3, 0.4) is 0 Å². The molecule has 0 radical (unpaired) electrons. The molecule has 158 valence electrons. The molecule has 0 aliphatic carbocycles. The highest BCUT2D eigenvalue weighted by Gasteiger charge is 2.12. The number of carbonyl (C=O) groups is 1. The van der Waals surface area contributed by atoms with Crippen molar-refractivity contribution in [2.24, 2.45) is 5.10 Å². The maximum Gasteiger partial charge on any atom is 0.270 e. The summed E-state index contributed by atoms with van der Waals surface area (Å²) < 4.78 is 3.10. The quantitative estimate of drug-likeness (QED) is 0.172. The number of non-ortho nitro benzene ring substituents is 1. The number of halogens is 1. The van der Waals surface area contributed by atoms with E-state index in [9.17, 15) is 14.9 Å². The number of benzene rings is 3. The minimum atomic E-state index is -0.455. The number of carbonyl (C=O) groups excluding carboxylic acids is 1. The van der Waals surface area contributed by atoms with Crippen molar-refractivity contribution < 1.29 is 9.72 Å². The fourth-order valence-corrected chi connectivity index (χ4v) is 3.53. The molecular weight excluding hydrogens is 438 g/mol. The van der Waals surface area contributed by atoms with Crippen LogP contribution in [0.4, 0.5) is 22.7 Å². The fourth-order valence-electron chi connectivity index (χ4n) is 2.49. The van der Waals surface area contributed by atoms with E-state index in [0.717, 1.165) is 5.56 Å². The lowest BCUT2D eigenvalue weighted by molar-refractivity contribution is -0.385. The molecule has 0 unspecified atom stereocenters. The third-order valence-corrected chi connectivity index (χ3v) is 5.16. The van der Waals surface area contributed by atoms with Gasteiger partial charge in [0, 0.05) is 24.7 Å². The minimum absolute atomic E-state index is 0.0356. The molecule has 1 amide bonds. The highest BCUT2D eigenvalue weighted by Crippen LogP contribution is 2.33. The lowest BCUT2D eigenvalue weighted by Crippen LogP contribution is -2.05. The van der Waals surface area contributed by atoms with Gasteiger partial charge in [-0.2, -0.15) is 5.10 Å². The van der Waals surface area contributed by atoms with Gasteiger partial charge in [0.2, 0.25) is 5.91 Å². The van der Waals surface area contributed by atoms with Crippen LogP contribution in [0.15, 0.2) is 76.7 Å². The van der Waals surface area contributed by atoms with E-state index in [0.29, 0.717) is 27.0 Å². The molecule has 3 aromatic rings. The number of nitro benzene ring substituents is 1. The Labute approximate surface area is 188 Å². The van der Waals surface area contributed by atoms with Crippen molar-refractivity contribution >= 4 is 58.4 Å². The molecule has 31 heavy (non-hydrogen) atoms. The maximum atomic E-state index is 11.2. The lowest BCUT2D eigenvalue weighted by Gasteiger charge is -2.11. The summed E-state index contributed by atoms with van der Waals surface area (Å²) in [6.45, 7) is 1.44. The normalized spacial score (nSPS) is 10.6. The first-order chi connectivity index (χ1) is 14.9. The summed E-state index contributed by atoms with van der Waals surface area (Å²) in [5, 5.41) is 18.6. The molecule has 0 aliphatic heterocycles. The highest BCUT2D eigenvalue weighted by molar-refractivity contribution is 8.00. The molecule has 0 aromatic heterocycles. The molecule has 8 nitrogen and oxygen atoms in total. The van der Waals surface area contributed by atoms with Crippen LogP contribution in [-0.2, 0) is 4.79 Å². The molecule has 0 heterocycles. The molecule has 3 rings (SSSR count). The van der Waals surface area contributed by atoms with E-state index in [1.165, 1.54) is 31.0 Å². The van der Waals surface area contributed by atoms with Crippen molar-refractivity contribution in [3.8, 4) is 0 Å². The first-order valence-corrected chi connectivity index (χ1v) is 10.2. The number of nitro groups is 1. The Kier molecular flexibility index (Phi) is 7.47. The predicted molar refractivity (Wildman–Crippen MR) is 126 cm³/mol. The molecule has 3 aromatic carbocycles. The summed E-state index contributed by atoms with van der Waals surface area (Å²) in [4.78, 5) is 22.4. The third kappa shape index (κ3) is 6.46. The average molecular weight is 456 g/mol. The Morgan fingerprint density at radius 2 is 1.84 bits per heavy atom. The second kappa shape index (κ2) is 10.5. The predicted octanol–water partition coefficient (Wildman–Crippen LogP) is 5.77. The smallest absolute Gasteiger partial charge is 0.270 e. The lowest BCUT2D eigenvalue weighted by atomic mass is 10.2. The van der Waals surface area contributed by atoms with Gasteiger partial charge in [0.05, 0.1) is 32.4 Å². The SMILES string of the molecule is CC(=O)Nc1ccc(/C=N/Nc2ccc([N+](=O)[O-])cc2SNc2ccccc2Cl)cc1. The van der Waals surface area contributed by atoms with Gasteiger partial charge in [-0.25, -0.2) is 0 Å². The Balaban J connectivity index is 1.73. The van der Waals surface area contributed by atoms with E-state index in [1.807, 2.05) is 18.2 Å². The largest absolute Gasteiger partial charge is 0.326 e. The fraction of sp³-hybridized carbons (Fsp3) is 0.0476. The first-order valence-electron chi connectivity index (χ1n) is 9.05. The number of nitrogens with one attached hydrogen (secondary N) is 3. The van der Waals surface area contributed by atoms with Crippen LogP contribution in [0.5, 0.6) is 0 Å². The van der Waals surface area contributed by atoms with Gasteiger partial charge in [-0.1, -0.05) is 35.9 Å². The number of anilines is 3. The van der Waals surface area contributed by atoms with E-state index in [-0.39, 0.29) is 11.6 Å². The highest BCUT2D eigenvalue weighted by atomic mass is 35.5. The van der Waals surface area contributed by atoms with Crippen LogP contribution >= 0.6 is 23.5 Å². The number of para-hydroxylation sites is 1. The monoisotopic (exact) mass is 455 g/mol. The average Bonchev–Trinajstić information content (AvgIpc) is 2.74. The van der Waals surface area contributed by atoms with Gasteiger partial charge >= 0.3 is 0 Å². The van der Waals surface area contributed by atoms with Gasteiger partial charge in [-0.15, -0.1) is 0 Å². The van der Waals surface area contributed by atoms with E-state index >= 15 is 0 Å². The van der Waals surface area contributed by atoms with E-state index in [2.05, 4.69) is 20.6 Å². The Hall–Kier alpha value is -3.56. The van der Waals surface area contributed by atoms with Crippen molar-refractivity contribution in [2.75, 3.05) is 15.5 Å². The standard InChI is InChI=1S/C21H18ClN5O3S/c1-14(28)24-16-8-6-15(7-9-16)13-23-25-20-11-10-17(27(29)30)12-21(20)31-26-19-5-3-2-4-18(19)22/h2-13,25-26H,1H3,(H,24,28)/b23-13+. The number of hydrogen-bond donors (Lipinski definition) is 3. The van der Waals surface area contributed by atoms with Crippen LogP contribution in [0, 0.1) is 10.1 Å². The van der Waals surface area contributed by atoms with Gasteiger partial charge in [0.1, 0.15) is 0 Å². The minimum Gasteiger partial charge on any atom is -0.326 e. The van der Waals surface area contributed by atoms with E-state index in [4.69, 9.17) is 11.6 Å². The molecule has 0 saturated heterocycles. The van der Waals surface area contributed by atoms with Gasteiger partial charge in [-0.05, 0) is 47.8 Å². The second-order valence-corrected chi connectivity index (χ2v) is 7.55. The molecule has 0 atom stereocenters. The zero-order valence-corrected chi connectivity index (χ0v) is 17.9. The van der Waals surface area contributed by atoms with Gasteiger partial charge in [0.15, 0.2) is 0 Å². The molecule has 3 N–H and O–H groups in total. The summed E-state index contributed by atoms with van der Waals surface area (Å²) >= 11 is 7.34. The first kappa shape index (κ1) is 22.1. The summed E-state index contributed by atoms with van der Waals surface area (Å²) in [5.41, 5.74) is 5.65. The number of rotatable bonds is 8. The van der Waals surface area contributed by atoms with Gasteiger partial charge in [-0.3, -0.25) is 20.3 Å². The van der Waals surface area contributed by atoms with E-state index in [1.54, 1.807) is 42.6 Å². The topological polar surface area (TPSA) is 109 Å². The zero-order chi connectivity index (χ0) is 22.2. The maximum absolute atomic E-state index is 11.2. The molecule has 0 saturated carbocycles. The third-order valence-electron chi connectivity index (χ3n) is 3.95. The van der Waals surface area contributed by atoms with Crippen LogP contribution < -0.4 is 15.5 Å². The van der Waals surface area contributed by atoms with Crippen molar-refractivity contribution in [1.82, 2.24) is 0 Å².